The molecule has 0 spiro atoms. The highest BCUT2D eigenvalue weighted by atomic mass is 16.5. The largest absolute Gasteiger partial charge is 0.503 e. The molecular formula is C23H25NO6. The molecule has 1 aliphatic rings. The normalized spacial score (nSPS) is 16.1. The van der Waals surface area contributed by atoms with Crippen LogP contribution in [0.5, 0.6) is 17.2 Å². The highest BCUT2D eigenvalue weighted by Crippen LogP contribution is 2.43. The summed E-state index contributed by atoms with van der Waals surface area (Å²) in [4.78, 5) is 27.1. The van der Waals surface area contributed by atoms with Crippen LogP contribution in [0.25, 0.3) is 0 Å². The van der Waals surface area contributed by atoms with Gasteiger partial charge in [-0.2, -0.15) is 0 Å². The average molecular weight is 411 g/mol. The molecule has 0 fully saturated rings. The maximum atomic E-state index is 13.0. The number of anilines is 1. The zero-order valence-corrected chi connectivity index (χ0v) is 17.5. The van der Waals surface area contributed by atoms with Crippen molar-refractivity contribution in [2.45, 2.75) is 26.3 Å². The van der Waals surface area contributed by atoms with E-state index >= 15 is 0 Å². The molecule has 7 heteroatoms. The number of nitrogens with zero attached hydrogens (tertiary/aromatic N) is 1. The van der Waals surface area contributed by atoms with E-state index in [0.717, 1.165) is 0 Å². The number of carbonyl (C=O) groups is 2. The smallest absolute Gasteiger partial charge is 0.294 e. The number of ether oxygens (including phenoxy) is 3. The zero-order valence-electron chi connectivity index (χ0n) is 17.5. The van der Waals surface area contributed by atoms with Crippen LogP contribution in [0, 0.1) is 0 Å². The predicted molar refractivity (Wildman–Crippen MR) is 112 cm³/mol. The van der Waals surface area contributed by atoms with Gasteiger partial charge in [0.25, 0.3) is 5.91 Å². The molecule has 2 aromatic rings. The fraction of sp³-hybridized carbons (Fsp3) is 0.304. The number of Topliss-reactive ketones (excluding diaryl/α,β-unsaturated/α-hetero) is 1. The number of hydrogen-bond acceptors (Lipinski definition) is 6. The average Bonchev–Trinajstić information content (AvgIpc) is 3.03. The third-order valence-electron chi connectivity index (χ3n) is 4.96. The van der Waals surface area contributed by atoms with Crippen molar-refractivity contribution in [2.24, 2.45) is 0 Å². The first kappa shape index (κ1) is 21.2. The van der Waals surface area contributed by atoms with Gasteiger partial charge in [-0.25, -0.2) is 0 Å². The minimum atomic E-state index is -0.804. The highest BCUT2D eigenvalue weighted by molar-refractivity contribution is 6.16. The lowest BCUT2D eigenvalue weighted by Gasteiger charge is -2.27. The second kappa shape index (κ2) is 8.90. The van der Waals surface area contributed by atoms with Gasteiger partial charge >= 0.3 is 0 Å². The maximum absolute atomic E-state index is 13.0. The SMILES string of the molecule is CCOc1cccc(N2C(=O)C(O)=C(C(=O)CC)C2c2ccc(OC)c(OC)c2)c1. The minimum absolute atomic E-state index is 0.0662. The second-order valence-electron chi connectivity index (χ2n) is 6.66. The molecule has 30 heavy (non-hydrogen) atoms. The van der Waals surface area contributed by atoms with Crippen LogP contribution in [-0.4, -0.2) is 37.6 Å². The Hall–Kier alpha value is -3.48. The topological polar surface area (TPSA) is 85.3 Å². The summed E-state index contributed by atoms with van der Waals surface area (Å²) in [6.07, 6.45) is 0.156. The van der Waals surface area contributed by atoms with Gasteiger partial charge in [-0.1, -0.05) is 19.1 Å². The Morgan fingerprint density at radius 2 is 1.80 bits per heavy atom. The Morgan fingerprint density at radius 3 is 2.43 bits per heavy atom. The number of rotatable bonds is 8. The molecule has 0 radical (unpaired) electrons. The van der Waals surface area contributed by atoms with E-state index in [9.17, 15) is 14.7 Å². The first-order valence-electron chi connectivity index (χ1n) is 9.71. The Labute approximate surface area is 175 Å². The number of aliphatic hydroxyl groups excluding tert-OH is 1. The van der Waals surface area contributed by atoms with Crippen molar-refractivity contribution in [1.29, 1.82) is 0 Å². The Morgan fingerprint density at radius 1 is 1.07 bits per heavy atom. The quantitative estimate of drug-likeness (QED) is 0.707. The summed E-state index contributed by atoms with van der Waals surface area (Å²) in [6, 6.07) is 11.3. The van der Waals surface area contributed by atoms with Crippen LogP contribution in [0.4, 0.5) is 5.69 Å². The van der Waals surface area contributed by atoms with Crippen LogP contribution in [0.15, 0.2) is 53.8 Å². The van der Waals surface area contributed by atoms with Crippen LogP contribution in [0.2, 0.25) is 0 Å². The van der Waals surface area contributed by atoms with Crippen molar-refractivity contribution in [2.75, 3.05) is 25.7 Å². The molecule has 1 unspecified atom stereocenters. The van der Waals surface area contributed by atoms with E-state index < -0.39 is 17.7 Å². The molecule has 1 amide bonds. The lowest BCUT2D eigenvalue weighted by atomic mass is 9.94. The molecule has 0 saturated heterocycles. The summed E-state index contributed by atoms with van der Waals surface area (Å²) in [5.41, 5.74) is 1.19. The van der Waals surface area contributed by atoms with E-state index in [4.69, 9.17) is 14.2 Å². The van der Waals surface area contributed by atoms with Gasteiger partial charge in [-0.05, 0) is 36.8 Å². The number of hydrogen-bond donors (Lipinski definition) is 1. The number of amides is 1. The number of methoxy groups -OCH3 is 2. The predicted octanol–water partition coefficient (Wildman–Crippen LogP) is 3.98. The zero-order chi connectivity index (χ0) is 21.8. The first-order chi connectivity index (χ1) is 14.5. The Balaban J connectivity index is 2.18. The van der Waals surface area contributed by atoms with Crippen molar-refractivity contribution < 1.29 is 28.9 Å². The summed E-state index contributed by atoms with van der Waals surface area (Å²) in [7, 11) is 3.04. The molecule has 7 nitrogen and oxygen atoms in total. The van der Waals surface area contributed by atoms with Crippen molar-refractivity contribution in [3.8, 4) is 17.2 Å². The van der Waals surface area contributed by atoms with Gasteiger partial charge in [0, 0.05) is 18.2 Å². The summed E-state index contributed by atoms with van der Waals surface area (Å²) in [5.74, 6) is 0.0867. The second-order valence-corrected chi connectivity index (χ2v) is 6.66. The van der Waals surface area contributed by atoms with E-state index in [2.05, 4.69) is 0 Å². The van der Waals surface area contributed by atoms with Gasteiger partial charge in [-0.3, -0.25) is 14.5 Å². The van der Waals surface area contributed by atoms with Gasteiger partial charge in [-0.15, -0.1) is 0 Å². The molecule has 2 aromatic carbocycles. The molecule has 1 aliphatic heterocycles. The number of benzene rings is 2. The van der Waals surface area contributed by atoms with Crippen molar-refractivity contribution in [1.82, 2.24) is 0 Å². The highest BCUT2D eigenvalue weighted by Gasteiger charge is 2.44. The van der Waals surface area contributed by atoms with Gasteiger partial charge in [0.05, 0.1) is 32.4 Å². The summed E-state index contributed by atoms with van der Waals surface area (Å²) in [5, 5.41) is 10.6. The Bertz CT molecular complexity index is 997. The van der Waals surface area contributed by atoms with Gasteiger partial charge in [0.15, 0.2) is 23.0 Å². The fourth-order valence-electron chi connectivity index (χ4n) is 3.57. The molecule has 0 aliphatic carbocycles. The molecule has 158 valence electrons. The summed E-state index contributed by atoms with van der Waals surface area (Å²) < 4.78 is 16.2. The van der Waals surface area contributed by atoms with Gasteiger partial charge < -0.3 is 19.3 Å². The van der Waals surface area contributed by atoms with Crippen molar-refractivity contribution >= 4 is 17.4 Å². The molecule has 1 heterocycles. The molecule has 0 saturated carbocycles. The molecular weight excluding hydrogens is 386 g/mol. The Kier molecular flexibility index (Phi) is 6.30. The third-order valence-corrected chi connectivity index (χ3v) is 4.96. The van der Waals surface area contributed by atoms with Gasteiger partial charge in [0.1, 0.15) is 5.75 Å². The molecule has 0 aromatic heterocycles. The van der Waals surface area contributed by atoms with E-state index in [1.165, 1.54) is 19.1 Å². The van der Waals surface area contributed by atoms with Crippen LogP contribution >= 0.6 is 0 Å². The first-order valence-corrected chi connectivity index (χ1v) is 9.71. The third kappa shape index (κ3) is 3.70. The van der Waals surface area contributed by atoms with E-state index in [0.29, 0.717) is 35.1 Å². The van der Waals surface area contributed by atoms with Crippen LogP contribution in [0.3, 0.4) is 0 Å². The van der Waals surface area contributed by atoms with Crippen LogP contribution in [0.1, 0.15) is 31.9 Å². The molecule has 3 rings (SSSR count). The molecule has 1 N–H and O–H groups in total. The van der Waals surface area contributed by atoms with Crippen molar-refractivity contribution in [3.05, 3.63) is 59.4 Å². The van der Waals surface area contributed by atoms with Gasteiger partial charge in [0.2, 0.25) is 0 Å². The lowest BCUT2D eigenvalue weighted by Crippen LogP contribution is -2.31. The van der Waals surface area contributed by atoms with E-state index in [-0.39, 0.29) is 17.8 Å². The van der Waals surface area contributed by atoms with Crippen LogP contribution in [-0.2, 0) is 9.59 Å². The molecule has 0 bridgehead atoms. The maximum Gasteiger partial charge on any atom is 0.294 e. The fourth-order valence-corrected chi connectivity index (χ4v) is 3.57. The lowest BCUT2D eigenvalue weighted by molar-refractivity contribution is -0.118. The van der Waals surface area contributed by atoms with E-state index in [1.54, 1.807) is 49.4 Å². The summed E-state index contributed by atoms with van der Waals surface area (Å²) >= 11 is 0. The molecule has 1 atom stereocenters. The number of ketones is 1. The monoisotopic (exact) mass is 411 g/mol. The summed E-state index contributed by atoms with van der Waals surface area (Å²) in [6.45, 7) is 4.03. The van der Waals surface area contributed by atoms with Crippen LogP contribution < -0.4 is 19.1 Å². The minimum Gasteiger partial charge on any atom is -0.503 e. The number of aliphatic hydroxyl groups is 1. The number of carbonyl (C=O) groups excluding carboxylic acids is 2. The van der Waals surface area contributed by atoms with Crippen molar-refractivity contribution in [3.63, 3.8) is 0 Å². The standard InChI is InChI=1S/C23H25NO6/c1-5-17(25)20-21(14-10-11-18(28-3)19(12-14)29-4)24(23(27)22(20)26)15-8-7-9-16(13-15)30-6-2/h7-13,21,26H,5-6H2,1-4H3. The van der Waals surface area contributed by atoms with E-state index in [1.807, 2.05) is 6.92 Å².